The number of imide groups is 1. The predicted octanol–water partition coefficient (Wildman–Crippen LogP) is 2.90. The van der Waals surface area contributed by atoms with Gasteiger partial charge >= 0.3 is 0 Å². The third-order valence-corrected chi connectivity index (χ3v) is 5.48. The van der Waals surface area contributed by atoms with Gasteiger partial charge in [0, 0.05) is 24.5 Å². The molecule has 1 aliphatic heterocycles. The van der Waals surface area contributed by atoms with E-state index in [-0.39, 0.29) is 30.7 Å². The standard InChI is InChI=1S/C21H18N4O3S/c26-18(23-12-14-13-29-19(24-14)17-8-3-4-10-22-17)9-5-11-25-20(27)15-6-1-2-7-16(15)21(25)28/h1-4,6-8,10,13H,5,9,11-12H2,(H,23,26). The Balaban J connectivity index is 1.24. The molecular formula is C21H18N4O3S. The second-order valence-corrected chi connectivity index (χ2v) is 7.40. The molecule has 1 aliphatic rings. The largest absolute Gasteiger partial charge is 0.350 e. The Kier molecular flexibility index (Phi) is 5.44. The molecule has 8 heteroatoms. The first kappa shape index (κ1) is 18.9. The zero-order chi connectivity index (χ0) is 20.2. The fourth-order valence-electron chi connectivity index (χ4n) is 3.11. The van der Waals surface area contributed by atoms with Crippen LogP contribution >= 0.6 is 11.3 Å². The SMILES string of the molecule is O=C(CCCN1C(=O)c2ccccc2C1=O)NCc1csc(-c2ccccn2)n1. The lowest BCUT2D eigenvalue weighted by Crippen LogP contribution is -2.32. The van der Waals surface area contributed by atoms with Crippen molar-refractivity contribution in [1.29, 1.82) is 0 Å². The number of amides is 3. The van der Waals surface area contributed by atoms with Crippen LogP contribution in [0.1, 0.15) is 39.3 Å². The molecule has 0 atom stereocenters. The molecule has 1 N–H and O–H groups in total. The van der Waals surface area contributed by atoms with Crippen molar-refractivity contribution in [2.75, 3.05) is 6.54 Å². The molecule has 4 rings (SSSR count). The van der Waals surface area contributed by atoms with Crippen molar-refractivity contribution in [1.82, 2.24) is 20.2 Å². The minimum Gasteiger partial charge on any atom is -0.350 e. The summed E-state index contributed by atoms with van der Waals surface area (Å²) in [6.07, 6.45) is 2.35. The van der Waals surface area contributed by atoms with Crippen LogP contribution in [0, 0.1) is 0 Å². The second kappa shape index (κ2) is 8.32. The molecule has 0 saturated heterocycles. The zero-order valence-electron chi connectivity index (χ0n) is 15.5. The van der Waals surface area contributed by atoms with Crippen molar-refractivity contribution in [2.45, 2.75) is 19.4 Å². The van der Waals surface area contributed by atoms with Crippen LogP contribution in [0.4, 0.5) is 0 Å². The third kappa shape index (κ3) is 4.07. The minimum atomic E-state index is -0.296. The number of benzene rings is 1. The van der Waals surface area contributed by atoms with Crippen LogP contribution in [-0.4, -0.2) is 39.1 Å². The van der Waals surface area contributed by atoms with Crippen molar-refractivity contribution in [3.8, 4) is 10.7 Å². The molecule has 3 aromatic rings. The average Bonchev–Trinajstić information content (AvgIpc) is 3.32. The highest BCUT2D eigenvalue weighted by Crippen LogP contribution is 2.23. The van der Waals surface area contributed by atoms with Gasteiger partial charge < -0.3 is 5.32 Å². The first-order valence-electron chi connectivity index (χ1n) is 9.21. The monoisotopic (exact) mass is 406 g/mol. The van der Waals surface area contributed by atoms with Crippen LogP contribution in [0.2, 0.25) is 0 Å². The molecule has 0 saturated carbocycles. The minimum absolute atomic E-state index is 0.144. The Bertz CT molecular complexity index is 1030. The Labute approximate surface area is 171 Å². The van der Waals surface area contributed by atoms with E-state index in [1.807, 2.05) is 23.6 Å². The van der Waals surface area contributed by atoms with E-state index in [9.17, 15) is 14.4 Å². The maximum Gasteiger partial charge on any atom is 0.261 e. The molecule has 0 spiro atoms. The van der Waals surface area contributed by atoms with Crippen molar-refractivity contribution in [3.63, 3.8) is 0 Å². The number of nitrogens with zero attached hydrogens (tertiary/aromatic N) is 3. The molecule has 0 aliphatic carbocycles. The lowest BCUT2D eigenvalue weighted by Gasteiger charge is -2.13. The van der Waals surface area contributed by atoms with Crippen molar-refractivity contribution in [3.05, 3.63) is 70.9 Å². The first-order valence-corrected chi connectivity index (χ1v) is 10.1. The van der Waals surface area contributed by atoms with Gasteiger partial charge in [-0.2, -0.15) is 0 Å². The summed E-state index contributed by atoms with van der Waals surface area (Å²) in [4.78, 5) is 46.7. The number of carbonyl (C=O) groups is 3. The fraction of sp³-hybridized carbons (Fsp3) is 0.190. The van der Waals surface area contributed by atoms with Crippen LogP contribution in [0.3, 0.4) is 0 Å². The molecule has 0 fully saturated rings. The Morgan fingerprint density at radius 3 is 2.45 bits per heavy atom. The number of hydrogen-bond acceptors (Lipinski definition) is 6. The molecule has 29 heavy (non-hydrogen) atoms. The van der Waals surface area contributed by atoms with Gasteiger partial charge in [0.25, 0.3) is 11.8 Å². The van der Waals surface area contributed by atoms with Crippen LogP contribution in [-0.2, 0) is 11.3 Å². The number of hydrogen-bond donors (Lipinski definition) is 1. The van der Waals surface area contributed by atoms with Crippen LogP contribution in [0.5, 0.6) is 0 Å². The molecule has 1 aromatic carbocycles. The summed E-state index contributed by atoms with van der Waals surface area (Å²) in [5.41, 5.74) is 2.42. The van der Waals surface area contributed by atoms with Crippen molar-refractivity contribution in [2.24, 2.45) is 0 Å². The summed E-state index contributed by atoms with van der Waals surface area (Å²) < 4.78 is 0. The van der Waals surface area contributed by atoms with Crippen LogP contribution in [0.25, 0.3) is 10.7 Å². The van der Waals surface area contributed by atoms with E-state index in [0.29, 0.717) is 24.1 Å². The molecule has 3 heterocycles. The van der Waals surface area contributed by atoms with E-state index in [0.717, 1.165) is 16.4 Å². The first-order chi connectivity index (χ1) is 14.1. The van der Waals surface area contributed by atoms with Crippen LogP contribution < -0.4 is 5.32 Å². The maximum atomic E-state index is 12.3. The van der Waals surface area contributed by atoms with E-state index in [4.69, 9.17) is 0 Å². The van der Waals surface area contributed by atoms with E-state index < -0.39 is 0 Å². The smallest absolute Gasteiger partial charge is 0.261 e. The predicted molar refractivity (Wildman–Crippen MR) is 108 cm³/mol. The highest BCUT2D eigenvalue weighted by atomic mass is 32.1. The number of pyridine rings is 1. The number of thiazole rings is 1. The topological polar surface area (TPSA) is 92.3 Å². The number of aromatic nitrogens is 2. The maximum absolute atomic E-state index is 12.3. The van der Waals surface area contributed by atoms with E-state index >= 15 is 0 Å². The second-order valence-electron chi connectivity index (χ2n) is 6.55. The lowest BCUT2D eigenvalue weighted by atomic mass is 10.1. The van der Waals surface area contributed by atoms with Gasteiger partial charge in [0.15, 0.2) is 0 Å². The van der Waals surface area contributed by atoms with Crippen molar-refractivity contribution >= 4 is 29.1 Å². The molecule has 2 aromatic heterocycles. The summed E-state index contributed by atoms with van der Waals surface area (Å²) in [7, 11) is 0. The molecule has 0 bridgehead atoms. The Morgan fingerprint density at radius 1 is 1.03 bits per heavy atom. The molecular weight excluding hydrogens is 388 g/mol. The number of rotatable bonds is 7. The molecule has 0 unspecified atom stereocenters. The van der Waals surface area contributed by atoms with Gasteiger partial charge in [-0.1, -0.05) is 18.2 Å². The zero-order valence-corrected chi connectivity index (χ0v) is 16.3. The average molecular weight is 406 g/mol. The quantitative estimate of drug-likeness (QED) is 0.609. The third-order valence-electron chi connectivity index (χ3n) is 4.57. The number of carbonyl (C=O) groups excluding carboxylic acids is 3. The number of nitrogens with one attached hydrogen (secondary N) is 1. The summed E-state index contributed by atoms with van der Waals surface area (Å²) in [6.45, 7) is 0.551. The van der Waals surface area contributed by atoms with Gasteiger partial charge in [-0.3, -0.25) is 24.3 Å². The Hall–Kier alpha value is -3.39. The molecule has 146 valence electrons. The number of fused-ring (bicyclic) bond motifs is 1. The summed E-state index contributed by atoms with van der Waals surface area (Å²) in [5, 5.41) is 5.52. The summed E-state index contributed by atoms with van der Waals surface area (Å²) >= 11 is 1.48. The van der Waals surface area contributed by atoms with Gasteiger partial charge in [-0.25, -0.2) is 4.98 Å². The normalized spacial score (nSPS) is 12.9. The lowest BCUT2D eigenvalue weighted by molar-refractivity contribution is -0.121. The van der Waals surface area contributed by atoms with E-state index in [2.05, 4.69) is 15.3 Å². The van der Waals surface area contributed by atoms with Gasteiger partial charge in [0.05, 0.1) is 29.1 Å². The Morgan fingerprint density at radius 2 is 1.76 bits per heavy atom. The van der Waals surface area contributed by atoms with Gasteiger partial charge in [-0.15, -0.1) is 11.3 Å². The molecule has 7 nitrogen and oxygen atoms in total. The molecule has 3 amide bonds. The van der Waals surface area contributed by atoms with E-state index in [1.165, 1.54) is 16.2 Å². The van der Waals surface area contributed by atoms with Crippen molar-refractivity contribution < 1.29 is 14.4 Å². The summed E-state index contributed by atoms with van der Waals surface area (Å²) in [5.74, 6) is -0.736. The van der Waals surface area contributed by atoms with E-state index in [1.54, 1.807) is 30.5 Å². The highest BCUT2D eigenvalue weighted by molar-refractivity contribution is 7.13. The fourth-order valence-corrected chi connectivity index (χ4v) is 3.91. The van der Waals surface area contributed by atoms with Gasteiger partial charge in [0.2, 0.25) is 5.91 Å². The highest BCUT2D eigenvalue weighted by Gasteiger charge is 2.34. The van der Waals surface area contributed by atoms with Gasteiger partial charge in [-0.05, 0) is 30.7 Å². The summed E-state index contributed by atoms with van der Waals surface area (Å²) in [6, 6.07) is 12.4. The molecule has 0 radical (unpaired) electrons. The van der Waals surface area contributed by atoms with Gasteiger partial charge in [0.1, 0.15) is 5.01 Å². The van der Waals surface area contributed by atoms with Crippen LogP contribution in [0.15, 0.2) is 54.0 Å².